The van der Waals surface area contributed by atoms with Crippen molar-refractivity contribution in [3.05, 3.63) is 0 Å². The lowest BCUT2D eigenvalue weighted by Crippen LogP contribution is -2.55. The van der Waals surface area contributed by atoms with Crippen molar-refractivity contribution in [1.82, 2.24) is 4.90 Å². The Labute approximate surface area is 115 Å². The summed E-state index contributed by atoms with van der Waals surface area (Å²) in [5.41, 5.74) is 0. The van der Waals surface area contributed by atoms with Gasteiger partial charge in [-0.1, -0.05) is 0 Å². The largest absolute Gasteiger partial charge is 0.379 e. The fourth-order valence-electron chi connectivity index (χ4n) is 3.38. The second kappa shape index (κ2) is 4.98. The van der Waals surface area contributed by atoms with Gasteiger partial charge in [-0.25, -0.2) is 8.42 Å². The first-order valence-electron chi connectivity index (χ1n) is 7.11. The quantitative estimate of drug-likeness (QED) is 0.748. The maximum absolute atomic E-state index is 11.8. The molecule has 6 heteroatoms. The molecule has 19 heavy (non-hydrogen) atoms. The van der Waals surface area contributed by atoms with Crippen LogP contribution in [0.3, 0.4) is 0 Å². The molecule has 0 aromatic heterocycles. The summed E-state index contributed by atoms with van der Waals surface area (Å²) in [6.07, 6.45) is 2.78. The van der Waals surface area contributed by atoms with E-state index in [1.807, 2.05) is 0 Å². The molecule has 2 heterocycles. The summed E-state index contributed by atoms with van der Waals surface area (Å²) in [6.45, 7) is 3.74. The molecule has 5 nitrogen and oxygen atoms in total. The Kier molecular flexibility index (Phi) is 3.62. The van der Waals surface area contributed by atoms with Crippen LogP contribution in [0, 0.1) is 5.92 Å². The van der Waals surface area contributed by atoms with E-state index in [1.165, 1.54) is 12.8 Å². The molecular weight excluding hydrogens is 266 g/mol. The third-order valence-electron chi connectivity index (χ3n) is 4.50. The highest BCUT2D eigenvalue weighted by atomic mass is 32.2. The standard InChI is InChI=1S/C13H23NO4S/c1-9-5-14(6-12(18-9)10-3-4-10)11-7-19(15,16)8-13(11)17-2/h9-13H,3-8H2,1-2H3/t9?,11-,12?,13+/m0/s1. The lowest BCUT2D eigenvalue weighted by Gasteiger charge is -2.41. The minimum atomic E-state index is -2.95. The van der Waals surface area contributed by atoms with Crippen molar-refractivity contribution in [2.24, 2.45) is 5.92 Å². The molecule has 1 saturated carbocycles. The normalized spacial score (nSPS) is 43.5. The summed E-state index contributed by atoms with van der Waals surface area (Å²) < 4.78 is 35.0. The third-order valence-corrected chi connectivity index (χ3v) is 6.19. The van der Waals surface area contributed by atoms with Crippen molar-refractivity contribution in [3.63, 3.8) is 0 Å². The van der Waals surface area contributed by atoms with Gasteiger partial charge in [-0.05, 0) is 25.7 Å². The number of hydrogen-bond donors (Lipinski definition) is 0. The van der Waals surface area contributed by atoms with E-state index in [4.69, 9.17) is 9.47 Å². The Morgan fingerprint density at radius 2 is 1.95 bits per heavy atom. The van der Waals surface area contributed by atoms with Gasteiger partial charge in [0.25, 0.3) is 0 Å². The SMILES string of the molecule is CO[C@@H]1CS(=O)(=O)C[C@@H]1N1CC(C)OC(C2CC2)C1. The summed E-state index contributed by atoms with van der Waals surface area (Å²) in [7, 11) is -1.34. The monoisotopic (exact) mass is 289 g/mol. The smallest absolute Gasteiger partial charge is 0.154 e. The Morgan fingerprint density at radius 1 is 1.21 bits per heavy atom. The van der Waals surface area contributed by atoms with Crippen molar-refractivity contribution in [1.29, 1.82) is 0 Å². The van der Waals surface area contributed by atoms with E-state index in [1.54, 1.807) is 7.11 Å². The molecule has 0 aromatic carbocycles. The second-order valence-corrected chi connectivity index (χ2v) is 8.35. The van der Waals surface area contributed by atoms with Gasteiger partial charge in [0.05, 0.1) is 35.9 Å². The van der Waals surface area contributed by atoms with Crippen LogP contribution in [0.2, 0.25) is 0 Å². The average molecular weight is 289 g/mol. The van der Waals surface area contributed by atoms with E-state index >= 15 is 0 Å². The van der Waals surface area contributed by atoms with E-state index in [9.17, 15) is 8.42 Å². The van der Waals surface area contributed by atoms with Crippen molar-refractivity contribution < 1.29 is 17.9 Å². The number of morpholine rings is 1. The maximum atomic E-state index is 11.8. The molecule has 110 valence electrons. The number of hydrogen-bond acceptors (Lipinski definition) is 5. The number of nitrogens with zero attached hydrogens (tertiary/aromatic N) is 1. The fourth-order valence-corrected chi connectivity index (χ4v) is 5.32. The summed E-state index contributed by atoms with van der Waals surface area (Å²) in [4.78, 5) is 2.29. The summed E-state index contributed by atoms with van der Waals surface area (Å²) >= 11 is 0. The van der Waals surface area contributed by atoms with E-state index in [0.717, 1.165) is 13.1 Å². The molecule has 2 aliphatic heterocycles. The Morgan fingerprint density at radius 3 is 2.58 bits per heavy atom. The number of rotatable bonds is 3. The molecule has 3 aliphatic rings. The molecule has 4 atom stereocenters. The van der Waals surface area contributed by atoms with E-state index in [-0.39, 0.29) is 35.9 Å². The van der Waals surface area contributed by atoms with E-state index in [0.29, 0.717) is 5.92 Å². The highest BCUT2D eigenvalue weighted by Crippen LogP contribution is 2.37. The number of methoxy groups -OCH3 is 1. The van der Waals surface area contributed by atoms with Crippen LogP contribution in [0.1, 0.15) is 19.8 Å². The molecule has 0 aromatic rings. The fraction of sp³-hybridized carbons (Fsp3) is 1.00. The highest BCUT2D eigenvalue weighted by Gasteiger charge is 2.45. The van der Waals surface area contributed by atoms with Gasteiger partial charge in [-0.3, -0.25) is 4.90 Å². The summed E-state index contributed by atoms with van der Waals surface area (Å²) in [5.74, 6) is 1.08. The molecule has 0 N–H and O–H groups in total. The zero-order chi connectivity index (χ0) is 13.6. The molecule has 0 radical (unpaired) electrons. The van der Waals surface area contributed by atoms with Crippen LogP contribution >= 0.6 is 0 Å². The Balaban J connectivity index is 1.72. The van der Waals surface area contributed by atoms with Gasteiger partial charge in [0, 0.05) is 20.2 Å². The highest BCUT2D eigenvalue weighted by molar-refractivity contribution is 7.91. The lowest BCUT2D eigenvalue weighted by atomic mass is 10.1. The lowest BCUT2D eigenvalue weighted by molar-refractivity contribution is -0.106. The van der Waals surface area contributed by atoms with Crippen molar-refractivity contribution in [2.75, 3.05) is 31.7 Å². The molecule has 1 aliphatic carbocycles. The van der Waals surface area contributed by atoms with Gasteiger partial charge < -0.3 is 9.47 Å². The molecule has 2 saturated heterocycles. The van der Waals surface area contributed by atoms with Crippen LogP contribution in [0.25, 0.3) is 0 Å². The van der Waals surface area contributed by atoms with Gasteiger partial charge in [0.2, 0.25) is 0 Å². The van der Waals surface area contributed by atoms with Crippen LogP contribution in [-0.2, 0) is 19.3 Å². The average Bonchev–Trinajstić information content (AvgIpc) is 3.13. The van der Waals surface area contributed by atoms with Gasteiger partial charge >= 0.3 is 0 Å². The molecule has 3 rings (SSSR count). The first-order chi connectivity index (χ1) is 8.98. The molecular formula is C13H23NO4S. The van der Waals surface area contributed by atoms with Crippen LogP contribution in [-0.4, -0.2) is 69.4 Å². The van der Waals surface area contributed by atoms with Gasteiger partial charge in [0.15, 0.2) is 9.84 Å². The first kappa shape index (κ1) is 13.8. The molecule has 2 unspecified atom stereocenters. The van der Waals surface area contributed by atoms with Crippen molar-refractivity contribution in [3.8, 4) is 0 Å². The van der Waals surface area contributed by atoms with Crippen LogP contribution < -0.4 is 0 Å². The topological polar surface area (TPSA) is 55.8 Å². The minimum Gasteiger partial charge on any atom is -0.379 e. The van der Waals surface area contributed by atoms with Crippen molar-refractivity contribution in [2.45, 2.75) is 44.1 Å². The molecule has 0 spiro atoms. The molecule has 0 amide bonds. The molecule has 3 fully saturated rings. The first-order valence-corrected chi connectivity index (χ1v) is 8.93. The third kappa shape index (κ3) is 2.96. The Bertz CT molecular complexity index is 434. The van der Waals surface area contributed by atoms with E-state index in [2.05, 4.69) is 11.8 Å². The Hall–Kier alpha value is -0.170. The van der Waals surface area contributed by atoms with Crippen LogP contribution in [0.4, 0.5) is 0 Å². The zero-order valence-corrected chi connectivity index (χ0v) is 12.4. The van der Waals surface area contributed by atoms with Gasteiger partial charge in [0.1, 0.15) is 0 Å². The molecule has 0 bridgehead atoms. The van der Waals surface area contributed by atoms with Crippen LogP contribution in [0.15, 0.2) is 0 Å². The zero-order valence-electron chi connectivity index (χ0n) is 11.6. The van der Waals surface area contributed by atoms with Crippen LogP contribution in [0.5, 0.6) is 0 Å². The number of sulfone groups is 1. The predicted octanol–water partition coefficient (Wildman–Crippen LogP) is 0.298. The number of ether oxygens (including phenoxy) is 2. The van der Waals surface area contributed by atoms with E-state index < -0.39 is 9.84 Å². The predicted molar refractivity (Wildman–Crippen MR) is 71.9 cm³/mol. The van der Waals surface area contributed by atoms with Crippen molar-refractivity contribution >= 4 is 9.84 Å². The maximum Gasteiger partial charge on any atom is 0.154 e. The summed E-state index contributed by atoms with van der Waals surface area (Å²) in [5, 5.41) is 0. The second-order valence-electron chi connectivity index (χ2n) is 6.19. The van der Waals surface area contributed by atoms with Gasteiger partial charge in [-0.15, -0.1) is 0 Å². The van der Waals surface area contributed by atoms with Gasteiger partial charge in [-0.2, -0.15) is 0 Å². The minimum absolute atomic E-state index is 0.00241. The summed E-state index contributed by atoms with van der Waals surface area (Å²) in [6, 6.07) is 0.00241.